The fraction of sp³-hybridized carbons (Fsp3) is 0.529. The van der Waals surface area contributed by atoms with Crippen LogP contribution >= 0.6 is 11.8 Å². The lowest BCUT2D eigenvalue weighted by Gasteiger charge is -2.16. The first-order valence-electron chi connectivity index (χ1n) is 8.43. The highest BCUT2D eigenvalue weighted by molar-refractivity contribution is 8.00. The fourth-order valence-corrected chi connectivity index (χ4v) is 4.79. The molecule has 1 aromatic carbocycles. The summed E-state index contributed by atoms with van der Waals surface area (Å²) in [5, 5.41) is 8.78. The van der Waals surface area contributed by atoms with Crippen molar-refractivity contribution in [2.45, 2.75) is 49.6 Å². The van der Waals surface area contributed by atoms with Crippen molar-refractivity contribution in [1.29, 1.82) is 0 Å². The Bertz CT molecular complexity index is 639. The predicted octanol–water partition coefficient (Wildman–Crippen LogP) is 2.31. The van der Waals surface area contributed by atoms with Gasteiger partial charge in [0.05, 0.1) is 12.1 Å². The van der Waals surface area contributed by atoms with Crippen molar-refractivity contribution in [3.8, 4) is 0 Å². The van der Waals surface area contributed by atoms with Crippen molar-refractivity contribution < 1.29 is 18.4 Å². The summed E-state index contributed by atoms with van der Waals surface area (Å²) in [6.07, 6.45) is 2.84. The lowest BCUT2D eigenvalue weighted by atomic mass is 10.0. The average molecular weight is 369 g/mol. The molecule has 0 saturated carbocycles. The summed E-state index contributed by atoms with van der Waals surface area (Å²) in [4.78, 5) is 23.2. The second-order valence-electron chi connectivity index (χ2n) is 6.34. The van der Waals surface area contributed by atoms with Crippen LogP contribution in [0, 0.1) is 11.6 Å². The smallest absolute Gasteiger partial charge is 0.315 e. The van der Waals surface area contributed by atoms with Gasteiger partial charge >= 0.3 is 6.03 Å². The molecule has 5 nitrogen and oxygen atoms in total. The van der Waals surface area contributed by atoms with Crippen LogP contribution in [-0.4, -0.2) is 35.0 Å². The number of carbonyl (C=O) groups is 2. The van der Waals surface area contributed by atoms with Crippen LogP contribution in [0.25, 0.3) is 0 Å². The summed E-state index contributed by atoms with van der Waals surface area (Å²) in [6.45, 7) is -0.142. The molecule has 2 heterocycles. The van der Waals surface area contributed by atoms with Gasteiger partial charge in [0, 0.05) is 29.5 Å². The quantitative estimate of drug-likeness (QED) is 0.510. The Balaban J connectivity index is 1.34. The highest BCUT2D eigenvalue weighted by Gasteiger charge is 2.42. The SMILES string of the molecule is O=C(CCCCC1SCC2NC(=O)NC21)NCc1c(F)cccc1F. The number of carbonyl (C=O) groups excluding carboxylic acids is 2. The Morgan fingerprint density at radius 1 is 1.24 bits per heavy atom. The van der Waals surface area contributed by atoms with Crippen LogP contribution in [0.1, 0.15) is 31.2 Å². The molecule has 3 rings (SSSR count). The van der Waals surface area contributed by atoms with Crippen LogP contribution < -0.4 is 16.0 Å². The molecule has 0 aliphatic carbocycles. The molecule has 0 aromatic heterocycles. The van der Waals surface area contributed by atoms with E-state index in [-0.39, 0.29) is 36.1 Å². The average Bonchev–Trinajstić information content (AvgIpc) is 3.10. The number of thioether (sulfide) groups is 1. The third-order valence-electron chi connectivity index (χ3n) is 4.60. The molecule has 25 heavy (non-hydrogen) atoms. The second kappa shape index (κ2) is 8.03. The van der Waals surface area contributed by atoms with Crippen LogP contribution in [0.15, 0.2) is 18.2 Å². The van der Waals surface area contributed by atoms with Gasteiger partial charge in [-0.15, -0.1) is 0 Å². The number of fused-ring (bicyclic) bond motifs is 1. The Kier molecular flexibility index (Phi) is 5.78. The minimum atomic E-state index is -0.652. The van der Waals surface area contributed by atoms with E-state index in [1.165, 1.54) is 18.2 Å². The topological polar surface area (TPSA) is 70.2 Å². The maximum absolute atomic E-state index is 13.5. The predicted molar refractivity (Wildman–Crippen MR) is 92.2 cm³/mol. The maximum Gasteiger partial charge on any atom is 0.315 e. The van der Waals surface area contributed by atoms with Crippen molar-refractivity contribution in [3.05, 3.63) is 35.4 Å². The van der Waals surface area contributed by atoms with E-state index < -0.39 is 11.6 Å². The second-order valence-corrected chi connectivity index (χ2v) is 7.62. The lowest BCUT2D eigenvalue weighted by molar-refractivity contribution is -0.121. The number of benzene rings is 1. The third kappa shape index (κ3) is 4.42. The minimum absolute atomic E-state index is 0.0972. The van der Waals surface area contributed by atoms with Crippen LogP contribution in [0.5, 0.6) is 0 Å². The van der Waals surface area contributed by atoms with Crippen LogP contribution in [0.4, 0.5) is 13.6 Å². The monoisotopic (exact) mass is 369 g/mol. The van der Waals surface area contributed by atoms with Gasteiger partial charge in [0.25, 0.3) is 0 Å². The highest BCUT2D eigenvalue weighted by Crippen LogP contribution is 2.33. The standard InChI is InChI=1S/C17H21F2N3O2S/c18-11-4-3-5-12(19)10(11)8-20-15(23)7-2-1-6-14-16-13(9-25-14)21-17(24)22-16/h3-5,13-14,16H,1-2,6-9H2,(H,20,23)(H2,21,22,24). The van der Waals surface area contributed by atoms with E-state index in [1.807, 2.05) is 11.8 Å². The number of rotatable bonds is 7. The normalized spacial score (nSPS) is 24.6. The van der Waals surface area contributed by atoms with Gasteiger partial charge in [-0.3, -0.25) is 4.79 Å². The van der Waals surface area contributed by atoms with E-state index >= 15 is 0 Å². The van der Waals surface area contributed by atoms with Gasteiger partial charge in [0.2, 0.25) is 5.91 Å². The number of halogens is 2. The number of unbranched alkanes of at least 4 members (excludes halogenated alkanes) is 1. The van der Waals surface area contributed by atoms with E-state index in [9.17, 15) is 18.4 Å². The van der Waals surface area contributed by atoms with Gasteiger partial charge in [0.15, 0.2) is 0 Å². The molecule has 2 fully saturated rings. The molecule has 1 aromatic rings. The van der Waals surface area contributed by atoms with E-state index in [0.717, 1.165) is 18.6 Å². The molecule has 2 saturated heterocycles. The molecule has 3 amide bonds. The summed E-state index contributed by atoms with van der Waals surface area (Å²) in [6, 6.07) is 3.93. The number of urea groups is 1. The third-order valence-corrected chi connectivity index (χ3v) is 6.11. The number of nitrogens with one attached hydrogen (secondary N) is 3. The van der Waals surface area contributed by atoms with E-state index in [2.05, 4.69) is 16.0 Å². The van der Waals surface area contributed by atoms with Crippen LogP contribution in [0.3, 0.4) is 0 Å². The Morgan fingerprint density at radius 3 is 2.76 bits per heavy atom. The zero-order chi connectivity index (χ0) is 17.8. The molecule has 0 spiro atoms. The van der Waals surface area contributed by atoms with Crippen molar-refractivity contribution in [3.63, 3.8) is 0 Å². The lowest BCUT2D eigenvalue weighted by Crippen LogP contribution is -2.36. The van der Waals surface area contributed by atoms with Gasteiger partial charge < -0.3 is 16.0 Å². The first-order chi connectivity index (χ1) is 12.0. The number of amides is 3. The summed E-state index contributed by atoms with van der Waals surface area (Å²) in [7, 11) is 0. The number of hydrogen-bond acceptors (Lipinski definition) is 3. The highest BCUT2D eigenvalue weighted by atomic mass is 32.2. The Morgan fingerprint density at radius 2 is 2.00 bits per heavy atom. The van der Waals surface area contributed by atoms with Gasteiger partial charge in [-0.05, 0) is 25.0 Å². The molecule has 3 unspecified atom stereocenters. The molecule has 3 atom stereocenters. The summed E-state index contributed by atoms with van der Waals surface area (Å²) < 4.78 is 27.0. The molecule has 136 valence electrons. The van der Waals surface area contributed by atoms with Gasteiger partial charge in [-0.2, -0.15) is 11.8 Å². The molecule has 2 aliphatic rings. The first kappa shape index (κ1) is 18.0. The molecule has 8 heteroatoms. The summed E-state index contributed by atoms with van der Waals surface area (Å²) in [5.74, 6) is -0.598. The van der Waals surface area contributed by atoms with Gasteiger partial charge in [-0.1, -0.05) is 12.5 Å². The zero-order valence-electron chi connectivity index (χ0n) is 13.7. The molecule has 0 radical (unpaired) electrons. The van der Waals surface area contributed by atoms with E-state index in [0.29, 0.717) is 18.1 Å². The van der Waals surface area contributed by atoms with Crippen molar-refractivity contribution in [1.82, 2.24) is 16.0 Å². The Hall–Kier alpha value is -1.83. The van der Waals surface area contributed by atoms with Gasteiger partial charge in [0.1, 0.15) is 11.6 Å². The molecular weight excluding hydrogens is 348 g/mol. The van der Waals surface area contributed by atoms with Crippen molar-refractivity contribution in [2.24, 2.45) is 0 Å². The van der Waals surface area contributed by atoms with E-state index in [1.54, 1.807) is 0 Å². The fourth-order valence-electron chi connectivity index (χ4n) is 3.25. The Labute approximate surface area is 149 Å². The van der Waals surface area contributed by atoms with Crippen LogP contribution in [-0.2, 0) is 11.3 Å². The number of hydrogen-bond donors (Lipinski definition) is 3. The summed E-state index contributed by atoms with van der Waals surface area (Å²) in [5.41, 5.74) is -0.117. The largest absolute Gasteiger partial charge is 0.352 e. The van der Waals surface area contributed by atoms with Gasteiger partial charge in [-0.25, -0.2) is 13.6 Å². The molecular formula is C17H21F2N3O2S. The first-order valence-corrected chi connectivity index (χ1v) is 9.47. The zero-order valence-corrected chi connectivity index (χ0v) is 14.5. The minimum Gasteiger partial charge on any atom is -0.352 e. The van der Waals surface area contributed by atoms with E-state index in [4.69, 9.17) is 0 Å². The molecule has 3 N–H and O–H groups in total. The molecule has 2 aliphatic heterocycles. The maximum atomic E-state index is 13.5. The summed E-state index contributed by atoms with van der Waals surface area (Å²) >= 11 is 1.84. The van der Waals surface area contributed by atoms with Crippen molar-refractivity contribution >= 4 is 23.7 Å². The van der Waals surface area contributed by atoms with Crippen molar-refractivity contribution in [2.75, 3.05) is 5.75 Å². The van der Waals surface area contributed by atoms with Crippen LogP contribution in [0.2, 0.25) is 0 Å². The molecule has 0 bridgehead atoms.